The Kier molecular flexibility index (Phi) is 7.60. The zero-order valence-electron chi connectivity index (χ0n) is 19.6. The minimum atomic E-state index is -1.20. The fraction of sp³-hybridized carbons (Fsp3) is 0.185. The standard InChI is InChI=1S/C27H27N5O4/c28-29-17-20-10-12-22(13-11-20)30-27(36)32-23-9-5-4-8-21(23)18-31(26(35)24(32)16-25(33)34)15-14-19-6-2-1-3-7-19/h1-13,17,24H,14-16,18,28H2,(H,30,36)(H,33,34). The first-order chi connectivity index (χ1) is 17.5. The molecule has 1 unspecified atom stereocenters. The average molecular weight is 486 g/mol. The number of nitrogens with zero attached hydrogens (tertiary/aromatic N) is 3. The van der Waals surface area contributed by atoms with Gasteiger partial charge in [-0.05, 0) is 41.3 Å². The Morgan fingerprint density at radius 2 is 1.72 bits per heavy atom. The van der Waals surface area contributed by atoms with Crippen molar-refractivity contribution in [3.05, 3.63) is 95.6 Å². The molecule has 0 saturated heterocycles. The zero-order valence-corrected chi connectivity index (χ0v) is 19.6. The second kappa shape index (κ2) is 11.2. The molecular formula is C27H27N5O4. The molecule has 4 rings (SSSR count). The van der Waals surface area contributed by atoms with Crippen LogP contribution < -0.4 is 16.1 Å². The summed E-state index contributed by atoms with van der Waals surface area (Å²) >= 11 is 0. The molecule has 0 radical (unpaired) electrons. The van der Waals surface area contributed by atoms with Crippen LogP contribution >= 0.6 is 0 Å². The van der Waals surface area contributed by atoms with Gasteiger partial charge in [-0.3, -0.25) is 14.5 Å². The normalized spacial score (nSPS) is 15.4. The first kappa shape index (κ1) is 24.5. The van der Waals surface area contributed by atoms with Crippen molar-refractivity contribution in [3.8, 4) is 0 Å². The van der Waals surface area contributed by atoms with Crippen LogP contribution in [0.25, 0.3) is 0 Å². The van der Waals surface area contributed by atoms with E-state index >= 15 is 0 Å². The third-order valence-corrected chi connectivity index (χ3v) is 6.01. The van der Waals surface area contributed by atoms with Crippen molar-refractivity contribution >= 4 is 35.5 Å². The van der Waals surface area contributed by atoms with Gasteiger partial charge in [0.2, 0.25) is 5.91 Å². The van der Waals surface area contributed by atoms with E-state index in [1.165, 1.54) is 11.1 Å². The van der Waals surface area contributed by atoms with Crippen molar-refractivity contribution in [1.29, 1.82) is 0 Å². The van der Waals surface area contributed by atoms with Gasteiger partial charge in [-0.15, -0.1) is 0 Å². The van der Waals surface area contributed by atoms with Crippen molar-refractivity contribution in [2.24, 2.45) is 10.9 Å². The van der Waals surface area contributed by atoms with Crippen molar-refractivity contribution in [2.75, 3.05) is 16.8 Å². The first-order valence-corrected chi connectivity index (χ1v) is 11.5. The second-order valence-electron chi connectivity index (χ2n) is 8.44. The molecule has 0 aromatic heterocycles. The highest BCUT2D eigenvalue weighted by Crippen LogP contribution is 2.31. The zero-order chi connectivity index (χ0) is 25.5. The smallest absolute Gasteiger partial charge is 0.327 e. The summed E-state index contributed by atoms with van der Waals surface area (Å²) in [5.41, 5.74) is 3.57. The molecule has 36 heavy (non-hydrogen) atoms. The Morgan fingerprint density at radius 3 is 2.42 bits per heavy atom. The molecule has 1 atom stereocenters. The largest absolute Gasteiger partial charge is 0.481 e. The van der Waals surface area contributed by atoms with E-state index in [1.54, 1.807) is 41.3 Å². The van der Waals surface area contributed by atoms with Gasteiger partial charge in [0, 0.05) is 18.8 Å². The second-order valence-corrected chi connectivity index (χ2v) is 8.44. The minimum absolute atomic E-state index is 0.273. The summed E-state index contributed by atoms with van der Waals surface area (Å²) in [5.74, 6) is 3.60. The quantitative estimate of drug-likeness (QED) is 0.268. The molecule has 4 N–H and O–H groups in total. The number of carboxylic acid groups (broad SMARTS) is 1. The number of carbonyl (C=O) groups excluding carboxylic acids is 2. The lowest BCUT2D eigenvalue weighted by atomic mass is 10.1. The molecule has 0 fully saturated rings. The molecule has 0 saturated carbocycles. The number of nitrogens with one attached hydrogen (secondary N) is 1. The summed E-state index contributed by atoms with van der Waals surface area (Å²) in [6.45, 7) is 0.668. The number of fused-ring (bicyclic) bond motifs is 1. The number of hydrazone groups is 1. The average Bonchev–Trinajstić information content (AvgIpc) is 2.99. The van der Waals surface area contributed by atoms with E-state index < -0.39 is 30.4 Å². The van der Waals surface area contributed by atoms with E-state index in [1.807, 2.05) is 42.5 Å². The third kappa shape index (κ3) is 5.69. The number of para-hydroxylation sites is 1. The number of carboxylic acids is 1. The fourth-order valence-electron chi connectivity index (χ4n) is 4.27. The summed E-state index contributed by atoms with van der Waals surface area (Å²) in [4.78, 5) is 41.9. The molecule has 1 aliphatic heterocycles. The van der Waals surface area contributed by atoms with Crippen LogP contribution in [-0.4, -0.2) is 46.7 Å². The number of nitrogens with two attached hydrogens (primary N) is 1. The maximum atomic E-state index is 13.7. The van der Waals surface area contributed by atoms with Gasteiger partial charge in [0.15, 0.2) is 0 Å². The third-order valence-electron chi connectivity index (χ3n) is 6.01. The Bertz CT molecular complexity index is 1260. The number of anilines is 2. The van der Waals surface area contributed by atoms with E-state index in [-0.39, 0.29) is 6.54 Å². The van der Waals surface area contributed by atoms with Crippen LogP contribution in [0.15, 0.2) is 84.0 Å². The lowest BCUT2D eigenvalue weighted by Gasteiger charge is -2.30. The van der Waals surface area contributed by atoms with Crippen LogP contribution in [0.1, 0.15) is 23.1 Å². The fourth-order valence-corrected chi connectivity index (χ4v) is 4.27. The van der Waals surface area contributed by atoms with Gasteiger partial charge in [-0.25, -0.2) is 4.79 Å². The molecule has 0 bridgehead atoms. The van der Waals surface area contributed by atoms with Gasteiger partial charge in [0.25, 0.3) is 0 Å². The van der Waals surface area contributed by atoms with E-state index in [0.29, 0.717) is 24.3 Å². The summed E-state index contributed by atoms with van der Waals surface area (Å²) in [7, 11) is 0. The van der Waals surface area contributed by atoms with Crippen molar-refractivity contribution in [1.82, 2.24) is 4.90 Å². The van der Waals surface area contributed by atoms with E-state index in [4.69, 9.17) is 5.84 Å². The molecule has 3 aromatic rings. The Morgan fingerprint density at radius 1 is 1.03 bits per heavy atom. The van der Waals surface area contributed by atoms with Crippen molar-refractivity contribution in [3.63, 3.8) is 0 Å². The molecule has 9 nitrogen and oxygen atoms in total. The molecule has 3 aromatic carbocycles. The Hall–Kier alpha value is -4.66. The van der Waals surface area contributed by atoms with Gasteiger partial charge in [0.05, 0.1) is 18.3 Å². The highest BCUT2D eigenvalue weighted by Gasteiger charge is 2.39. The van der Waals surface area contributed by atoms with Gasteiger partial charge >= 0.3 is 12.0 Å². The molecule has 184 valence electrons. The number of hydrogen-bond acceptors (Lipinski definition) is 5. The molecule has 0 spiro atoms. The van der Waals surface area contributed by atoms with Crippen LogP contribution in [-0.2, 0) is 22.6 Å². The summed E-state index contributed by atoms with van der Waals surface area (Å²) < 4.78 is 0. The monoisotopic (exact) mass is 485 g/mol. The van der Waals surface area contributed by atoms with Crippen LogP contribution in [0.5, 0.6) is 0 Å². The van der Waals surface area contributed by atoms with Crippen LogP contribution in [0.3, 0.4) is 0 Å². The number of amides is 3. The molecule has 1 heterocycles. The van der Waals surface area contributed by atoms with E-state index in [2.05, 4.69) is 10.4 Å². The highest BCUT2D eigenvalue weighted by molar-refractivity contribution is 6.08. The Labute approximate surface area is 208 Å². The SMILES string of the molecule is NN=Cc1ccc(NC(=O)N2c3ccccc3CN(CCc3ccccc3)C(=O)C2CC(=O)O)cc1. The van der Waals surface area contributed by atoms with Gasteiger partial charge in [-0.1, -0.05) is 60.7 Å². The van der Waals surface area contributed by atoms with Gasteiger partial charge in [0.1, 0.15) is 6.04 Å². The van der Waals surface area contributed by atoms with Crippen molar-refractivity contribution in [2.45, 2.75) is 25.4 Å². The van der Waals surface area contributed by atoms with Crippen LogP contribution in [0.2, 0.25) is 0 Å². The van der Waals surface area contributed by atoms with Gasteiger partial charge in [-0.2, -0.15) is 5.10 Å². The predicted molar refractivity (Wildman–Crippen MR) is 138 cm³/mol. The van der Waals surface area contributed by atoms with Crippen molar-refractivity contribution < 1.29 is 19.5 Å². The maximum absolute atomic E-state index is 13.7. The molecule has 9 heteroatoms. The summed E-state index contributed by atoms with van der Waals surface area (Å²) in [6.07, 6.45) is 1.57. The Balaban J connectivity index is 1.65. The number of aliphatic carboxylic acids is 1. The van der Waals surface area contributed by atoms with E-state index in [9.17, 15) is 19.5 Å². The summed E-state index contributed by atoms with van der Waals surface area (Å²) in [5, 5.41) is 15.9. The minimum Gasteiger partial charge on any atom is -0.481 e. The number of carbonyl (C=O) groups is 3. The maximum Gasteiger partial charge on any atom is 0.327 e. The summed E-state index contributed by atoms with van der Waals surface area (Å²) in [6, 6.07) is 22.0. The lowest BCUT2D eigenvalue weighted by Crippen LogP contribution is -2.51. The van der Waals surface area contributed by atoms with Crippen LogP contribution in [0, 0.1) is 0 Å². The number of hydrogen-bond donors (Lipinski definition) is 3. The number of urea groups is 1. The molecular weight excluding hydrogens is 458 g/mol. The number of benzene rings is 3. The molecule has 0 aliphatic carbocycles. The van der Waals surface area contributed by atoms with Crippen LogP contribution in [0.4, 0.5) is 16.2 Å². The van der Waals surface area contributed by atoms with Gasteiger partial charge < -0.3 is 21.2 Å². The lowest BCUT2D eigenvalue weighted by molar-refractivity contribution is -0.142. The van der Waals surface area contributed by atoms with E-state index in [0.717, 1.165) is 16.7 Å². The predicted octanol–water partition coefficient (Wildman–Crippen LogP) is 3.45. The topological polar surface area (TPSA) is 128 Å². The molecule has 1 aliphatic rings. The number of rotatable bonds is 7. The first-order valence-electron chi connectivity index (χ1n) is 11.5. The molecule has 3 amide bonds. The highest BCUT2D eigenvalue weighted by atomic mass is 16.4.